The van der Waals surface area contributed by atoms with Crippen LogP contribution in [-0.4, -0.2) is 22.0 Å². The second kappa shape index (κ2) is 7.51. The fourth-order valence-corrected chi connectivity index (χ4v) is 4.20. The summed E-state index contributed by atoms with van der Waals surface area (Å²) in [5, 5.41) is 22.4. The zero-order valence-electron chi connectivity index (χ0n) is 17.8. The third-order valence-electron chi connectivity index (χ3n) is 6.13. The molecule has 3 rings (SSSR count). The largest absolute Gasteiger partial charge is 0.478 e. The van der Waals surface area contributed by atoms with Crippen LogP contribution in [0.4, 0.5) is 0 Å². The molecule has 2 aromatic carbocycles. The van der Waals surface area contributed by atoms with Crippen molar-refractivity contribution in [1.29, 1.82) is 0 Å². The molecule has 152 valence electrons. The zero-order chi connectivity index (χ0) is 21.4. The molecule has 2 N–H and O–H groups in total. The summed E-state index contributed by atoms with van der Waals surface area (Å²) >= 11 is 0. The van der Waals surface area contributed by atoms with Gasteiger partial charge in [-0.15, -0.1) is 0 Å². The molecule has 0 unspecified atom stereocenters. The molecule has 0 saturated heterocycles. The Morgan fingerprint density at radius 3 is 2.24 bits per heavy atom. The highest BCUT2D eigenvalue weighted by Crippen LogP contribution is 2.46. The molecular formula is C25H29NO3. The van der Waals surface area contributed by atoms with Crippen molar-refractivity contribution in [2.24, 2.45) is 5.16 Å². The molecule has 0 aliphatic heterocycles. The first-order chi connectivity index (χ1) is 13.5. The average molecular weight is 392 g/mol. The van der Waals surface area contributed by atoms with E-state index < -0.39 is 5.97 Å². The molecule has 1 aliphatic carbocycles. The topological polar surface area (TPSA) is 69.9 Å². The van der Waals surface area contributed by atoms with Gasteiger partial charge in [0.1, 0.15) is 5.71 Å². The molecule has 4 heteroatoms. The van der Waals surface area contributed by atoms with Gasteiger partial charge in [-0.1, -0.05) is 57.1 Å². The Labute approximate surface area is 172 Å². The Kier molecular flexibility index (Phi) is 5.40. The second-order valence-electron chi connectivity index (χ2n) is 9.23. The van der Waals surface area contributed by atoms with E-state index in [-0.39, 0.29) is 10.8 Å². The van der Waals surface area contributed by atoms with Gasteiger partial charge in [0.25, 0.3) is 0 Å². The number of aryl methyl sites for hydroxylation is 1. The second-order valence-corrected chi connectivity index (χ2v) is 9.23. The minimum atomic E-state index is -0.998. The number of oxime groups is 1. The van der Waals surface area contributed by atoms with E-state index in [9.17, 15) is 10.0 Å². The highest BCUT2D eigenvalue weighted by molar-refractivity contribution is 6.13. The first kappa shape index (κ1) is 20.8. The number of carboxylic acids is 1. The molecule has 0 bridgehead atoms. The lowest BCUT2D eigenvalue weighted by Crippen LogP contribution is -2.34. The molecule has 4 nitrogen and oxygen atoms in total. The molecular weight excluding hydrogens is 362 g/mol. The van der Waals surface area contributed by atoms with E-state index in [2.05, 4.69) is 45.0 Å². The number of benzene rings is 2. The van der Waals surface area contributed by atoms with Crippen molar-refractivity contribution < 1.29 is 15.1 Å². The summed E-state index contributed by atoms with van der Waals surface area (Å²) in [6, 6.07) is 11.8. The number of carbonyl (C=O) groups is 1. The average Bonchev–Trinajstić information content (AvgIpc) is 2.66. The standard InChI is InChI=1S/C25H29NO3/c1-16-13-20-21(25(4,5)12-11-24(20,2)3)15-19(16)23(26-29)18-8-6-7-17(14-18)9-10-22(27)28/h6-10,13-15,29H,11-12H2,1-5H3,(H,27,28)/b10-9+,26-23-. The maximum atomic E-state index is 10.8. The number of hydrogen-bond donors (Lipinski definition) is 2. The Morgan fingerprint density at radius 1 is 1.03 bits per heavy atom. The predicted molar refractivity (Wildman–Crippen MR) is 117 cm³/mol. The number of rotatable bonds is 4. The van der Waals surface area contributed by atoms with Crippen LogP contribution in [0.5, 0.6) is 0 Å². The fourth-order valence-electron chi connectivity index (χ4n) is 4.20. The van der Waals surface area contributed by atoms with Crippen LogP contribution in [0.1, 0.15) is 73.9 Å². The van der Waals surface area contributed by atoms with Gasteiger partial charge in [-0.2, -0.15) is 0 Å². The summed E-state index contributed by atoms with van der Waals surface area (Å²) in [6.45, 7) is 11.2. The zero-order valence-corrected chi connectivity index (χ0v) is 17.8. The maximum Gasteiger partial charge on any atom is 0.328 e. The molecule has 0 atom stereocenters. The monoisotopic (exact) mass is 391 g/mol. The van der Waals surface area contributed by atoms with Crippen molar-refractivity contribution >= 4 is 17.8 Å². The van der Waals surface area contributed by atoms with Crippen LogP contribution < -0.4 is 0 Å². The van der Waals surface area contributed by atoms with Crippen molar-refractivity contribution in [1.82, 2.24) is 0 Å². The molecule has 0 radical (unpaired) electrons. The van der Waals surface area contributed by atoms with E-state index in [0.717, 1.165) is 41.2 Å². The normalized spacial score (nSPS) is 17.9. The summed E-state index contributed by atoms with van der Waals surface area (Å²) in [4.78, 5) is 10.8. The van der Waals surface area contributed by atoms with Crippen LogP contribution in [0.2, 0.25) is 0 Å². The quantitative estimate of drug-likeness (QED) is 0.305. The van der Waals surface area contributed by atoms with Crippen LogP contribution in [0.3, 0.4) is 0 Å². The van der Waals surface area contributed by atoms with Gasteiger partial charge in [0.2, 0.25) is 0 Å². The molecule has 2 aromatic rings. The van der Waals surface area contributed by atoms with Gasteiger partial charge in [0, 0.05) is 17.2 Å². The van der Waals surface area contributed by atoms with Crippen LogP contribution >= 0.6 is 0 Å². The number of aliphatic carboxylic acids is 1. The SMILES string of the molecule is Cc1cc2c(cc1/C(=N\O)c1cccc(/C=C/C(=O)O)c1)C(C)(C)CCC2(C)C. The molecule has 1 aliphatic rings. The lowest BCUT2D eigenvalue weighted by atomic mass is 9.62. The van der Waals surface area contributed by atoms with Gasteiger partial charge in [-0.25, -0.2) is 4.79 Å². The summed E-state index contributed by atoms with van der Waals surface area (Å²) < 4.78 is 0. The van der Waals surface area contributed by atoms with Crippen LogP contribution in [0, 0.1) is 6.92 Å². The van der Waals surface area contributed by atoms with E-state index in [0.29, 0.717) is 5.71 Å². The smallest absolute Gasteiger partial charge is 0.328 e. The van der Waals surface area contributed by atoms with Crippen molar-refractivity contribution in [3.63, 3.8) is 0 Å². The third kappa shape index (κ3) is 4.12. The van der Waals surface area contributed by atoms with Gasteiger partial charge in [0.05, 0.1) is 0 Å². The van der Waals surface area contributed by atoms with Crippen LogP contribution in [0.25, 0.3) is 6.08 Å². The summed E-state index contributed by atoms with van der Waals surface area (Å²) in [5.74, 6) is -0.998. The maximum absolute atomic E-state index is 10.8. The van der Waals surface area contributed by atoms with Gasteiger partial charge < -0.3 is 10.3 Å². The predicted octanol–water partition coefficient (Wildman–Crippen LogP) is 5.67. The fraction of sp³-hybridized carbons (Fsp3) is 0.360. The van der Waals surface area contributed by atoms with Crippen LogP contribution in [-0.2, 0) is 15.6 Å². The number of nitrogens with zero attached hydrogens (tertiary/aromatic N) is 1. The molecule has 0 amide bonds. The minimum Gasteiger partial charge on any atom is -0.478 e. The number of hydrogen-bond acceptors (Lipinski definition) is 3. The lowest BCUT2D eigenvalue weighted by Gasteiger charge is -2.42. The first-order valence-electron chi connectivity index (χ1n) is 9.95. The highest BCUT2D eigenvalue weighted by Gasteiger charge is 2.37. The van der Waals surface area contributed by atoms with E-state index in [1.54, 1.807) is 0 Å². The summed E-state index contributed by atoms with van der Waals surface area (Å²) in [6.07, 6.45) is 4.89. The Balaban J connectivity index is 2.13. The number of carboxylic acid groups (broad SMARTS) is 1. The third-order valence-corrected chi connectivity index (χ3v) is 6.13. The molecule has 0 aromatic heterocycles. The number of fused-ring (bicyclic) bond motifs is 1. The molecule has 0 spiro atoms. The van der Waals surface area contributed by atoms with Gasteiger partial charge in [-0.3, -0.25) is 0 Å². The van der Waals surface area contributed by atoms with E-state index in [4.69, 9.17) is 5.11 Å². The Morgan fingerprint density at radius 2 is 1.66 bits per heavy atom. The lowest BCUT2D eigenvalue weighted by molar-refractivity contribution is -0.131. The minimum absolute atomic E-state index is 0.0555. The first-order valence-corrected chi connectivity index (χ1v) is 9.95. The van der Waals surface area contributed by atoms with Crippen LogP contribution in [0.15, 0.2) is 47.6 Å². The Hall–Kier alpha value is -2.88. The van der Waals surface area contributed by atoms with Crippen molar-refractivity contribution in [3.05, 3.63) is 75.9 Å². The van der Waals surface area contributed by atoms with Gasteiger partial charge in [0.15, 0.2) is 0 Å². The van der Waals surface area contributed by atoms with Crippen molar-refractivity contribution in [2.75, 3.05) is 0 Å². The van der Waals surface area contributed by atoms with E-state index in [1.807, 2.05) is 31.2 Å². The molecule has 0 heterocycles. The van der Waals surface area contributed by atoms with Crippen molar-refractivity contribution in [2.45, 2.75) is 58.3 Å². The molecule has 29 heavy (non-hydrogen) atoms. The van der Waals surface area contributed by atoms with Crippen molar-refractivity contribution in [3.8, 4) is 0 Å². The molecule has 0 saturated carbocycles. The Bertz CT molecular complexity index is 1010. The van der Waals surface area contributed by atoms with Gasteiger partial charge >= 0.3 is 5.97 Å². The highest BCUT2D eigenvalue weighted by atomic mass is 16.4. The summed E-state index contributed by atoms with van der Waals surface area (Å²) in [7, 11) is 0. The van der Waals surface area contributed by atoms with E-state index >= 15 is 0 Å². The van der Waals surface area contributed by atoms with E-state index in [1.165, 1.54) is 17.2 Å². The summed E-state index contributed by atoms with van der Waals surface area (Å²) in [5.41, 5.74) is 6.79. The molecule has 0 fully saturated rings. The van der Waals surface area contributed by atoms with Gasteiger partial charge in [-0.05, 0) is 71.1 Å².